The number of hydrogen-bond acceptors (Lipinski definition) is 5. The van der Waals surface area contributed by atoms with Gasteiger partial charge in [-0.25, -0.2) is 0 Å². The highest BCUT2D eigenvalue weighted by atomic mass is 35.5. The molecule has 0 amide bonds. The molecule has 0 saturated heterocycles. The van der Waals surface area contributed by atoms with E-state index in [1.54, 1.807) is 6.07 Å². The molecule has 28 heavy (non-hydrogen) atoms. The van der Waals surface area contributed by atoms with E-state index in [4.69, 9.17) is 37.8 Å². The average molecular weight is 429 g/mol. The van der Waals surface area contributed by atoms with Gasteiger partial charge in [-0.1, -0.05) is 43.6 Å². The molecule has 2 aromatic carbocycles. The Bertz CT molecular complexity index is 749. The van der Waals surface area contributed by atoms with Crippen molar-refractivity contribution in [3.05, 3.63) is 58.6 Å². The second kappa shape index (κ2) is 10.3. The zero-order valence-corrected chi connectivity index (χ0v) is 17.5. The van der Waals surface area contributed by atoms with E-state index in [2.05, 4.69) is 13.8 Å². The topological polar surface area (TPSA) is 79.2 Å². The van der Waals surface area contributed by atoms with Crippen LogP contribution < -0.4 is 9.47 Å². The van der Waals surface area contributed by atoms with E-state index in [0.29, 0.717) is 16.5 Å². The summed E-state index contributed by atoms with van der Waals surface area (Å²) in [6, 6.07) is 13.1. The van der Waals surface area contributed by atoms with Gasteiger partial charge in [0.05, 0.1) is 17.5 Å². The van der Waals surface area contributed by atoms with E-state index >= 15 is 0 Å². The van der Waals surface area contributed by atoms with Gasteiger partial charge in [0.2, 0.25) is 0 Å². The van der Waals surface area contributed by atoms with Crippen molar-refractivity contribution in [3.8, 4) is 11.5 Å². The molecule has 2 atom stereocenters. The fraction of sp³-hybridized carbons (Fsp3) is 0.429. The van der Waals surface area contributed by atoms with Gasteiger partial charge in [-0.15, -0.1) is 11.6 Å². The van der Waals surface area contributed by atoms with E-state index in [0.717, 1.165) is 11.1 Å². The molecule has 0 aliphatic rings. The molecular weight excluding hydrogens is 403 g/mol. The van der Waals surface area contributed by atoms with Crippen molar-refractivity contribution in [2.75, 3.05) is 25.7 Å². The van der Waals surface area contributed by atoms with Crippen LogP contribution >= 0.6 is 23.2 Å². The molecule has 0 bridgehead atoms. The van der Waals surface area contributed by atoms with E-state index < -0.39 is 12.2 Å². The van der Waals surface area contributed by atoms with Crippen LogP contribution in [0.15, 0.2) is 42.5 Å². The summed E-state index contributed by atoms with van der Waals surface area (Å²) < 4.78 is 11.0. The highest BCUT2D eigenvalue weighted by Crippen LogP contribution is 2.36. The monoisotopic (exact) mass is 428 g/mol. The maximum Gasteiger partial charge on any atom is 0.138 e. The van der Waals surface area contributed by atoms with Crippen LogP contribution in [-0.2, 0) is 5.41 Å². The Balaban J connectivity index is 2.11. The highest BCUT2D eigenvalue weighted by Gasteiger charge is 2.24. The predicted octanol–water partition coefficient (Wildman–Crippen LogP) is 3.38. The minimum absolute atomic E-state index is 0.0364. The molecule has 0 saturated carbocycles. The van der Waals surface area contributed by atoms with E-state index in [1.807, 2.05) is 36.4 Å². The number of ether oxygens (including phenoxy) is 2. The van der Waals surface area contributed by atoms with Crippen molar-refractivity contribution in [2.24, 2.45) is 0 Å². The number of hydrogen-bond donors (Lipinski definition) is 3. The molecule has 0 radical (unpaired) electrons. The summed E-state index contributed by atoms with van der Waals surface area (Å²) in [5.74, 6) is 1.21. The lowest BCUT2D eigenvalue weighted by atomic mass is 9.78. The lowest BCUT2D eigenvalue weighted by molar-refractivity contribution is 0.0536. The highest BCUT2D eigenvalue weighted by molar-refractivity contribution is 6.32. The fourth-order valence-electron chi connectivity index (χ4n) is 2.62. The molecule has 154 valence electrons. The molecule has 0 aliphatic carbocycles. The SMILES string of the molecule is CC(C)(c1ccc(OC[C@H](O)CO)cc1)c1ccc(OC[C@H](O)CCl)c(Cl)c1. The Morgan fingerprint density at radius 2 is 1.54 bits per heavy atom. The van der Waals surface area contributed by atoms with Gasteiger partial charge in [-0.3, -0.25) is 0 Å². The van der Waals surface area contributed by atoms with Gasteiger partial charge < -0.3 is 24.8 Å². The number of aliphatic hydroxyl groups is 3. The van der Waals surface area contributed by atoms with Crippen molar-refractivity contribution in [1.29, 1.82) is 0 Å². The van der Waals surface area contributed by atoms with Crippen molar-refractivity contribution < 1.29 is 24.8 Å². The Morgan fingerprint density at radius 3 is 2.11 bits per heavy atom. The summed E-state index contributed by atoms with van der Waals surface area (Å²) in [5, 5.41) is 28.2. The molecule has 7 heteroatoms. The number of benzene rings is 2. The molecule has 0 aromatic heterocycles. The van der Waals surface area contributed by atoms with Crippen LogP contribution in [0.5, 0.6) is 11.5 Å². The third-order valence-corrected chi connectivity index (χ3v) is 5.14. The lowest BCUT2D eigenvalue weighted by Gasteiger charge is -2.27. The Morgan fingerprint density at radius 1 is 0.929 bits per heavy atom. The summed E-state index contributed by atoms with van der Waals surface area (Å²) in [7, 11) is 0. The number of alkyl halides is 1. The molecule has 0 spiro atoms. The minimum atomic E-state index is -0.899. The van der Waals surface area contributed by atoms with Crippen LogP contribution in [0.2, 0.25) is 5.02 Å². The first kappa shape index (κ1) is 22.8. The van der Waals surface area contributed by atoms with Crippen molar-refractivity contribution in [3.63, 3.8) is 0 Å². The Labute approximate surface area is 175 Å². The predicted molar refractivity (Wildman–Crippen MR) is 111 cm³/mol. The summed E-state index contributed by atoms with van der Waals surface area (Å²) in [5.41, 5.74) is 1.75. The standard InChI is InChI=1S/C21H26Cl2O5/c1-21(2,14-3-6-18(7-4-14)27-13-17(26)11-24)15-5-8-20(19(23)9-15)28-12-16(25)10-22/h3-9,16-17,24-26H,10-13H2,1-2H3/t16-,17-/m1/s1. The molecule has 0 heterocycles. The zero-order valence-electron chi connectivity index (χ0n) is 15.9. The van der Waals surface area contributed by atoms with Gasteiger partial charge in [0.25, 0.3) is 0 Å². The second-order valence-electron chi connectivity index (χ2n) is 7.06. The third-order valence-electron chi connectivity index (χ3n) is 4.49. The largest absolute Gasteiger partial charge is 0.491 e. The van der Waals surface area contributed by atoms with Gasteiger partial charge >= 0.3 is 0 Å². The maximum atomic E-state index is 9.51. The molecule has 3 N–H and O–H groups in total. The molecule has 2 rings (SSSR count). The van der Waals surface area contributed by atoms with Crippen LogP contribution in [0.4, 0.5) is 0 Å². The fourth-order valence-corrected chi connectivity index (χ4v) is 2.94. The van der Waals surface area contributed by atoms with Gasteiger partial charge in [0, 0.05) is 5.41 Å². The summed E-state index contributed by atoms with van der Waals surface area (Å²) >= 11 is 11.9. The van der Waals surface area contributed by atoms with Crippen LogP contribution in [0.1, 0.15) is 25.0 Å². The van der Waals surface area contributed by atoms with Crippen LogP contribution in [0.3, 0.4) is 0 Å². The van der Waals surface area contributed by atoms with Crippen molar-refractivity contribution in [1.82, 2.24) is 0 Å². The molecule has 0 fully saturated rings. The smallest absolute Gasteiger partial charge is 0.138 e. The van der Waals surface area contributed by atoms with Crippen LogP contribution in [0, 0.1) is 0 Å². The molecule has 0 unspecified atom stereocenters. The Hall–Kier alpha value is -1.50. The normalized spacial score (nSPS) is 13.8. The molecule has 5 nitrogen and oxygen atoms in total. The van der Waals surface area contributed by atoms with Gasteiger partial charge in [-0.2, -0.15) is 0 Å². The zero-order chi connectivity index (χ0) is 20.7. The summed E-state index contributed by atoms with van der Waals surface area (Å²) in [4.78, 5) is 0. The first-order valence-electron chi connectivity index (χ1n) is 8.97. The lowest BCUT2D eigenvalue weighted by Crippen LogP contribution is -2.21. The maximum absolute atomic E-state index is 9.51. The Kier molecular flexibility index (Phi) is 8.40. The summed E-state index contributed by atoms with van der Waals surface area (Å²) in [6.45, 7) is 3.95. The first-order chi connectivity index (χ1) is 13.3. The number of rotatable bonds is 10. The molecule has 0 aliphatic heterocycles. The third kappa shape index (κ3) is 6.00. The van der Waals surface area contributed by atoms with Gasteiger partial charge in [0.1, 0.15) is 36.9 Å². The second-order valence-corrected chi connectivity index (χ2v) is 7.78. The quantitative estimate of drug-likeness (QED) is 0.505. The van der Waals surface area contributed by atoms with E-state index in [9.17, 15) is 10.2 Å². The first-order valence-corrected chi connectivity index (χ1v) is 9.88. The van der Waals surface area contributed by atoms with Crippen LogP contribution in [0.25, 0.3) is 0 Å². The van der Waals surface area contributed by atoms with E-state index in [1.165, 1.54) is 0 Å². The summed E-state index contributed by atoms with van der Waals surface area (Å²) in [6.07, 6.45) is -1.64. The number of halogens is 2. The molecule has 2 aromatic rings. The van der Waals surface area contributed by atoms with Gasteiger partial charge in [-0.05, 0) is 35.4 Å². The van der Waals surface area contributed by atoms with Crippen LogP contribution in [-0.4, -0.2) is 53.2 Å². The van der Waals surface area contributed by atoms with Crippen molar-refractivity contribution in [2.45, 2.75) is 31.5 Å². The average Bonchev–Trinajstić information content (AvgIpc) is 2.70. The minimum Gasteiger partial charge on any atom is -0.491 e. The van der Waals surface area contributed by atoms with Gasteiger partial charge in [0.15, 0.2) is 0 Å². The van der Waals surface area contributed by atoms with Crippen molar-refractivity contribution >= 4 is 23.2 Å². The number of aliphatic hydroxyl groups excluding tert-OH is 3. The molecular formula is C21H26Cl2O5. The van der Waals surface area contributed by atoms with E-state index in [-0.39, 0.29) is 31.1 Å².